The van der Waals surface area contributed by atoms with E-state index in [0.717, 1.165) is 73.7 Å². The zero-order valence-corrected chi connectivity index (χ0v) is 65.4. The molecule has 1 fully saturated rings. The number of aromatic amines is 4. The number of nitro groups is 1. The minimum absolute atomic E-state index is 0.0180. The van der Waals surface area contributed by atoms with Crippen molar-refractivity contribution in [3.63, 3.8) is 0 Å². The molecule has 12 heterocycles. The van der Waals surface area contributed by atoms with E-state index in [2.05, 4.69) is 162 Å². The molecule has 3 aromatic carbocycles. The molecule has 0 radical (unpaired) electrons. The maximum absolute atomic E-state index is 11.0. The topological polar surface area (TPSA) is 429 Å². The van der Waals surface area contributed by atoms with E-state index in [1.54, 1.807) is 30.7 Å². The number of benzene rings is 3. The average Bonchev–Trinajstić information content (AvgIpc) is 1.63. The number of hydrogen-bond acceptors (Lipinski definition) is 32. The van der Waals surface area contributed by atoms with Crippen LogP contribution in [0.2, 0.25) is 5.02 Å². The van der Waals surface area contributed by atoms with Crippen LogP contribution in [-0.4, -0.2) is 134 Å². The summed E-state index contributed by atoms with van der Waals surface area (Å²) in [6.07, 6.45) is 10.7. The van der Waals surface area contributed by atoms with E-state index < -0.39 is 4.92 Å². The molecule has 0 unspecified atom stereocenters. The standard InChI is InChI=1S/C17H17N9O2S.C16H15ClN8S2.C16H22N8S2.C16H16N8S/c1-4-12-13(16-18-14(9(2)3)23-25(16)22-12)20-21-17-19-15(24-29-17)10-6-5-7-11(8-10)26(27)28;1-8(2)13-18-14-12(20-21-15-19-16(26-3)24-27-15)11(22-25(14)23-13)9-6-4-5-7-10(9)17;1-9(2)13-17-14-12(19-20-15-18-16(25-3)23-26-15)11(21-24(14)22-13)10-7-5-4-6-8-10;1-9(2)12-13(15-17-10(3)21-24(15)22-12)19-20-16-18-14(23-25-16)11-7-5-4-6-8-11/h5-9,22H,4H2,1-3H3;4-8,22H,1-3H3;9-10,21H,4-8H2,1-3H3;4-9,22H,1-3H3. The third kappa shape index (κ3) is 17.1. The smallest absolute Gasteiger partial charge is 0.270 e. The first-order valence-electron chi connectivity index (χ1n) is 33.8. The van der Waals surface area contributed by atoms with E-state index in [1.165, 1.54) is 102 Å². The van der Waals surface area contributed by atoms with Crippen LogP contribution in [0.5, 0.6) is 0 Å². The van der Waals surface area contributed by atoms with Crippen molar-refractivity contribution < 1.29 is 4.92 Å². The molecule has 550 valence electrons. The first-order valence-corrected chi connectivity index (χ1v) is 39.8. The number of H-pyrrole nitrogens is 4. The van der Waals surface area contributed by atoms with Crippen LogP contribution < -0.4 is 0 Å². The highest BCUT2D eigenvalue weighted by atomic mass is 35.5. The van der Waals surface area contributed by atoms with Gasteiger partial charge in [-0.05, 0) is 50.7 Å². The summed E-state index contributed by atoms with van der Waals surface area (Å²) in [5, 5.41) is 80.4. The molecule has 0 aliphatic heterocycles. The number of halogens is 1. The molecule has 42 heteroatoms. The zero-order valence-electron chi connectivity index (χ0n) is 59.7. The maximum Gasteiger partial charge on any atom is 0.270 e. The fourth-order valence-corrected chi connectivity index (χ4v) is 14.3. The lowest BCUT2D eigenvalue weighted by molar-refractivity contribution is -0.384. The first kappa shape index (κ1) is 74.7. The minimum atomic E-state index is -0.454. The second kappa shape index (κ2) is 33.5. The van der Waals surface area contributed by atoms with Crippen LogP contribution in [0.1, 0.15) is 164 Å². The van der Waals surface area contributed by atoms with Gasteiger partial charge >= 0.3 is 0 Å². The quantitative estimate of drug-likeness (QED) is 0.0238. The summed E-state index contributed by atoms with van der Waals surface area (Å²) in [6.45, 7) is 20.3. The molecule has 4 N–H and O–H groups in total. The van der Waals surface area contributed by atoms with Gasteiger partial charge in [-0.3, -0.25) is 30.5 Å². The molecule has 0 bridgehead atoms. The van der Waals surface area contributed by atoms with E-state index in [1.807, 2.05) is 109 Å². The summed E-state index contributed by atoms with van der Waals surface area (Å²) >= 11 is 14.1. The first-order chi connectivity index (χ1) is 51.8. The van der Waals surface area contributed by atoms with Gasteiger partial charge in [0.05, 0.1) is 32.7 Å². The molecule has 1 saturated carbocycles. The molecule has 1 aliphatic carbocycles. The van der Waals surface area contributed by atoms with Crippen LogP contribution in [0, 0.1) is 17.0 Å². The lowest BCUT2D eigenvalue weighted by Crippen LogP contribution is -2.06. The monoisotopic (exact) mass is 1570 g/mol. The number of hydrogen-bond donors (Lipinski definition) is 4. The number of fused-ring (bicyclic) bond motifs is 4. The Hall–Kier alpha value is -10.6. The van der Waals surface area contributed by atoms with Gasteiger partial charge in [-0.2, -0.15) is 56.0 Å². The van der Waals surface area contributed by atoms with Crippen molar-refractivity contribution in [3.8, 4) is 34.0 Å². The van der Waals surface area contributed by atoms with E-state index in [9.17, 15) is 10.1 Å². The SMILES string of the molecule is CCc1[nH]n2nc(C(C)C)nc2c1N=Nc1nc(-c2cccc([N+](=O)[O-])c2)ns1.CSc1nsc(N=Nc2c(-c3ccccc3Cl)[nH]n3nc(C(C)C)nc23)n1.CSc1nsc(N=Nc2c(C3CCCCC3)[nH]n3nc(C(C)C)nc23)n1.Cc1nc2c(N=Nc3nc(-c4ccccc4)ns3)c(C(C)C)[nH]n2n1. The Bertz CT molecular complexity index is 5690. The highest BCUT2D eigenvalue weighted by molar-refractivity contribution is 7.98. The molecule has 1 aliphatic rings. The van der Waals surface area contributed by atoms with Gasteiger partial charge in [0.2, 0.25) is 53.4 Å². The fraction of sp³-hybridized carbons (Fsp3) is 0.354. The Balaban J connectivity index is 0.000000126. The van der Waals surface area contributed by atoms with E-state index in [0.29, 0.717) is 106 Å². The largest absolute Gasteiger partial charge is 0.278 e. The summed E-state index contributed by atoms with van der Waals surface area (Å²) in [4.78, 5) is 46.1. The van der Waals surface area contributed by atoms with Crippen LogP contribution in [-0.2, 0) is 6.42 Å². The molecule has 16 rings (SSSR count). The Labute approximate surface area is 639 Å². The molecule has 12 aromatic heterocycles. The second-order valence-corrected chi connectivity index (χ2v) is 30.1. The Morgan fingerprint density at radius 1 is 0.523 bits per heavy atom. The van der Waals surface area contributed by atoms with Gasteiger partial charge in [0, 0.05) is 98.6 Å². The Morgan fingerprint density at radius 2 is 1.01 bits per heavy atom. The summed E-state index contributed by atoms with van der Waals surface area (Å²) in [7, 11) is 0. The number of nitrogens with zero attached hydrogens (tertiary/aromatic N) is 29. The zero-order chi connectivity index (χ0) is 75.0. The van der Waals surface area contributed by atoms with E-state index in [4.69, 9.17) is 16.6 Å². The van der Waals surface area contributed by atoms with Crippen LogP contribution in [0.3, 0.4) is 0 Å². The molecule has 0 amide bonds. The third-order valence-electron chi connectivity index (χ3n) is 16.3. The van der Waals surface area contributed by atoms with Crippen LogP contribution in [0.25, 0.3) is 56.6 Å². The average molecular weight is 1570 g/mol. The number of rotatable bonds is 20. The van der Waals surface area contributed by atoms with Gasteiger partial charge in [-0.25, -0.2) is 19.9 Å². The van der Waals surface area contributed by atoms with Gasteiger partial charge in [0.15, 0.2) is 51.9 Å². The van der Waals surface area contributed by atoms with Gasteiger partial charge in [-0.1, -0.05) is 177 Å². The number of nitrogens with one attached hydrogen (secondary N) is 4. The number of aryl methyl sites for hydroxylation is 2. The van der Waals surface area contributed by atoms with E-state index >= 15 is 0 Å². The molecule has 0 atom stereocenters. The maximum atomic E-state index is 11.0. The number of nitro benzene ring substituents is 1. The highest BCUT2D eigenvalue weighted by Crippen LogP contribution is 2.42. The highest BCUT2D eigenvalue weighted by Gasteiger charge is 2.27. The summed E-state index contributed by atoms with van der Waals surface area (Å²) in [6, 6.07) is 23.5. The molecular weight excluding hydrogens is 1500 g/mol. The second-order valence-electron chi connectivity index (χ2n) is 25.2. The number of thioether (sulfide) groups is 2. The van der Waals surface area contributed by atoms with Crippen molar-refractivity contribution >= 4 is 153 Å². The Kier molecular flexibility index (Phi) is 23.4. The number of aromatic nitrogens is 24. The van der Waals surface area contributed by atoms with Crippen molar-refractivity contribution in [2.45, 2.75) is 148 Å². The van der Waals surface area contributed by atoms with Crippen molar-refractivity contribution in [2.24, 2.45) is 40.9 Å². The number of non-ortho nitro benzene ring substituents is 1. The predicted octanol–water partition coefficient (Wildman–Crippen LogP) is 19.7. The molecule has 0 spiro atoms. The van der Waals surface area contributed by atoms with Crippen LogP contribution >= 0.6 is 81.3 Å². The van der Waals surface area contributed by atoms with Crippen LogP contribution in [0.4, 0.5) is 49.0 Å². The normalized spacial score (nSPS) is 13.1. The Morgan fingerprint density at radius 3 is 1.57 bits per heavy atom. The van der Waals surface area contributed by atoms with Gasteiger partial charge < -0.3 is 0 Å². The van der Waals surface area contributed by atoms with Crippen molar-refractivity contribution in [1.82, 2.24) is 117 Å². The number of azo groups is 4. The van der Waals surface area contributed by atoms with Gasteiger partial charge in [0.1, 0.15) is 5.82 Å². The minimum Gasteiger partial charge on any atom is -0.278 e. The predicted molar refractivity (Wildman–Crippen MR) is 414 cm³/mol. The van der Waals surface area contributed by atoms with Crippen LogP contribution in [0.15, 0.2) is 130 Å². The molecule has 107 heavy (non-hydrogen) atoms. The van der Waals surface area contributed by atoms with Crippen molar-refractivity contribution in [1.29, 1.82) is 0 Å². The van der Waals surface area contributed by atoms with E-state index in [-0.39, 0.29) is 29.4 Å². The molecular formula is C65H70ClN33O2S6. The summed E-state index contributed by atoms with van der Waals surface area (Å²) in [5.74, 6) is 5.31. The molecule has 35 nitrogen and oxygen atoms in total. The van der Waals surface area contributed by atoms with Crippen molar-refractivity contribution in [2.75, 3.05) is 12.5 Å². The fourth-order valence-electron chi connectivity index (χ4n) is 10.9. The lowest BCUT2D eigenvalue weighted by atomic mass is 9.86. The molecule has 15 aromatic rings. The third-order valence-corrected chi connectivity index (χ3v) is 20.3. The van der Waals surface area contributed by atoms with Crippen molar-refractivity contribution in [3.05, 3.63) is 134 Å². The summed E-state index contributed by atoms with van der Waals surface area (Å²) in [5.41, 5.74) is 11.1. The lowest BCUT2D eigenvalue weighted by Gasteiger charge is -2.20. The molecule has 0 saturated heterocycles. The van der Waals surface area contributed by atoms with Gasteiger partial charge in [-0.15, -0.1) is 61.3 Å². The summed E-state index contributed by atoms with van der Waals surface area (Å²) < 4.78 is 23.6. The van der Waals surface area contributed by atoms with Gasteiger partial charge in [0.25, 0.3) is 5.69 Å².